The molecule has 1 aromatic heterocycles. The van der Waals surface area contributed by atoms with E-state index in [-0.39, 0.29) is 5.91 Å². The number of hydrogen-bond donors (Lipinski definition) is 1. The lowest BCUT2D eigenvalue weighted by molar-refractivity contribution is -0.132. The molecule has 0 saturated carbocycles. The number of fused-ring (bicyclic) bond motifs is 2. The number of aromatic nitrogens is 1. The highest BCUT2D eigenvalue weighted by Gasteiger charge is 2.36. The van der Waals surface area contributed by atoms with Gasteiger partial charge in [-0.1, -0.05) is 6.92 Å². The predicted molar refractivity (Wildman–Crippen MR) is 80.9 cm³/mol. The Hall–Kier alpha value is -0.940. The maximum atomic E-state index is 12.4. The molecule has 0 aromatic carbocycles. The minimum atomic E-state index is 0.212. The van der Waals surface area contributed by atoms with E-state index in [0.29, 0.717) is 24.5 Å². The van der Waals surface area contributed by atoms with Crippen LogP contribution >= 0.6 is 11.3 Å². The Morgan fingerprint density at radius 2 is 2.15 bits per heavy atom. The summed E-state index contributed by atoms with van der Waals surface area (Å²) in [6.45, 7) is 2.10. The summed E-state index contributed by atoms with van der Waals surface area (Å²) in [7, 11) is 1.96. The van der Waals surface area contributed by atoms with Crippen molar-refractivity contribution in [1.82, 2.24) is 15.2 Å². The number of carbonyl (C=O) groups excluding carboxylic acids is 1. The topological polar surface area (TPSA) is 45.2 Å². The van der Waals surface area contributed by atoms with Crippen LogP contribution < -0.4 is 5.32 Å². The Labute approximate surface area is 124 Å². The average molecular weight is 293 g/mol. The van der Waals surface area contributed by atoms with Crippen LogP contribution in [0.1, 0.15) is 43.3 Å². The molecule has 4 nitrogen and oxygen atoms in total. The molecule has 1 N–H and O–H groups in total. The fourth-order valence-electron chi connectivity index (χ4n) is 3.42. The highest BCUT2D eigenvalue weighted by Crippen LogP contribution is 2.29. The lowest BCUT2D eigenvalue weighted by Gasteiger charge is -2.35. The van der Waals surface area contributed by atoms with Gasteiger partial charge in [0.25, 0.3) is 0 Å². The van der Waals surface area contributed by atoms with E-state index in [1.54, 1.807) is 11.3 Å². The van der Waals surface area contributed by atoms with Crippen molar-refractivity contribution < 1.29 is 4.79 Å². The number of likely N-dealkylation sites (N-methyl/N-ethyl adjacent to an activating group) is 1. The number of hydrogen-bond acceptors (Lipinski definition) is 4. The highest BCUT2D eigenvalue weighted by atomic mass is 32.1. The Morgan fingerprint density at radius 3 is 2.75 bits per heavy atom. The summed E-state index contributed by atoms with van der Waals surface area (Å²) in [4.78, 5) is 18.9. The molecule has 0 spiro atoms. The first kappa shape index (κ1) is 14.0. The number of nitrogens with zero attached hydrogens (tertiary/aromatic N) is 2. The number of nitrogens with one attached hydrogen (secondary N) is 1. The van der Waals surface area contributed by atoms with Gasteiger partial charge in [-0.15, -0.1) is 11.3 Å². The van der Waals surface area contributed by atoms with Crippen LogP contribution in [-0.4, -0.2) is 41.0 Å². The van der Waals surface area contributed by atoms with Crippen molar-refractivity contribution in [3.63, 3.8) is 0 Å². The highest BCUT2D eigenvalue weighted by molar-refractivity contribution is 7.09. The van der Waals surface area contributed by atoms with Gasteiger partial charge in [0.05, 0.1) is 17.1 Å². The zero-order chi connectivity index (χ0) is 14.1. The molecule has 3 heterocycles. The standard InChI is InChI=1S/C15H23N3OS/c1-3-14-17-12(9-20-14)8-15(19)18(2)13-6-10-4-5-11(7-13)16-10/h9-11,13,16H,3-8H2,1-2H3. The summed E-state index contributed by atoms with van der Waals surface area (Å²) in [5.74, 6) is 0.212. The summed E-state index contributed by atoms with van der Waals surface area (Å²) in [5, 5.41) is 6.77. The largest absolute Gasteiger partial charge is 0.342 e. The van der Waals surface area contributed by atoms with Crippen LogP contribution in [0.15, 0.2) is 5.38 Å². The molecular formula is C15H23N3OS. The minimum Gasteiger partial charge on any atom is -0.342 e. The van der Waals surface area contributed by atoms with Gasteiger partial charge in [0, 0.05) is 30.6 Å². The summed E-state index contributed by atoms with van der Waals surface area (Å²) in [6.07, 6.45) is 6.16. The molecule has 2 saturated heterocycles. The normalized spacial score (nSPS) is 28.6. The molecule has 1 aromatic rings. The van der Waals surface area contributed by atoms with Crippen LogP contribution in [0.4, 0.5) is 0 Å². The van der Waals surface area contributed by atoms with Gasteiger partial charge in [0.2, 0.25) is 5.91 Å². The van der Waals surface area contributed by atoms with Crippen molar-refractivity contribution in [3.8, 4) is 0 Å². The smallest absolute Gasteiger partial charge is 0.228 e. The molecule has 1 amide bonds. The van der Waals surface area contributed by atoms with E-state index in [1.807, 2.05) is 17.3 Å². The fourth-order valence-corrected chi connectivity index (χ4v) is 4.16. The second-order valence-corrected chi connectivity index (χ2v) is 6.97. The molecule has 3 rings (SSSR count). The zero-order valence-corrected chi connectivity index (χ0v) is 13.1. The quantitative estimate of drug-likeness (QED) is 0.923. The van der Waals surface area contributed by atoms with Crippen molar-refractivity contribution >= 4 is 17.2 Å². The molecule has 2 aliphatic rings. The Balaban J connectivity index is 1.59. The second kappa shape index (κ2) is 5.82. The van der Waals surface area contributed by atoms with Crippen LogP contribution in [0.3, 0.4) is 0 Å². The molecule has 0 aliphatic carbocycles. The molecule has 20 heavy (non-hydrogen) atoms. The van der Waals surface area contributed by atoms with Gasteiger partial charge in [0.1, 0.15) is 0 Å². The summed E-state index contributed by atoms with van der Waals surface area (Å²) in [6, 6.07) is 1.66. The Morgan fingerprint density at radius 1 is 1.45 bits per heavy atom. The lowest BCUT2D eigenvalue weighted by atomic mass is 9.98. The van der Waals surface area contributed by atoms with Gasteiger partial charge >= 0.3 is 0 Å². The predicted octanol–water partition coefficient (Wildman–Crippen LogP) is 1.99. The van der Waals surface area contributed by atoms with Crippen LogP contribution in [0.2, 0.25) is 0 Å². The van der Waals surface area contributed by atoms with Crippen LogP contribution in [0, 0.1) is 0 Å². The van der Waals surface area contributed by atoms with Crippen LogP contribution in [0.25, 0.3) is 0 Å². The van der Waals surface area contributed by atoms with Gasteiger partial charge in [-0.25, -0.2) is 4.98 Å². The zero-order valence-electron chi connectivity index (χ0n) is 12.3. The third-order valence-corrected chi connectivity index (χ3v) is 5.67. The number of piperidine rings is 1. The third-order valence-electron chi connectivity index (χ3n) is 4.62. The number of thiazole rings is 1. The van der Waals surface area contributed by atoms with E-state index in [2.05, 4.69) is 17.2 Å². The van der Waals surface area contributed by atoms with Gasteiger partial charge in [-0.05, 0) is 32.1 Å². The van der Waals surface area contributed by atoms with Gasteiger partial charge in [-0.2, -0.15) is 0 Å². The number of rotatable bonds is 4. The molecule has 5 heteroatoms. The summed E-state index contributed by atoms with van der Waals surface area (Å²) in [5.41, 5.74) is 0.931. The van der Waals surface area contributed by atoms with E-state index in [0.717, 1.165) is 30.0 Å². The Kier molecular flexibility index (Phi) is 4.08. The summed E-state index contributed by atoms with van der Waals surface area (Å²) >= 11 is 1.66. The SMILES string of the molecule is CCc1nc(CC(=O)N(C)C2CC3CCC(C2)N3)cs1. The third kappa shape index (κ3) is 2.88. The minimum absolute atomic E-state index is 0.212. The molecule has 0 radical (unpaired) electrons. The molecular weight excluding hydrogens is 270 g/mol. The molecule has 2 unspecified atom stereocenters. The summed E-state index contributed by atoms with van der Waals surface area (Å²) < 4.78 is 0. The lowest BCUT2D eigenvalue weighted by Crippen LogP contribution is -2.49. The first-order valence-electron chi connectivity index (χ1n) is 7.60. The second-order valence-electron chi connectivity index (χ2n) is 6.03. The average Bonchev–Trinajstić information content (AvgIpc) is 3.04. The van der Waals surface area contributed by atoms with Gasteiger partial charge in [-0.3, -0.25) is 4.79 Å². The molecule has 110 valence electrons. The van der Waals surface area contributed by atoms with Crippen molar-refractivity contribution in [3.05, 3.63) is 16.1 Å². The monoisotopic (exact) mass is 293 g/mol. The number of aryl methyl sites for hydroxylation is 1. The first-order valence-corrected chi connectivity index (χ1v) is 8.48. The van der Waals surface area contributed by atoms with Gasteiger partial charge < -0.3 is 10.2 Å². The van der Waals surface area contributed by atoms with Gasteiger partial charge in [0.15, 0.2) is 0 Å². The Bertz CT molecular complexity index is 475. The van der Waals surface area contributed by atoms with Crippen molar-refractivity contribution in [1.29, 1.82) is 0 Å². The molecule has 2 fully saturated rings. The van der Waals surface area contributed by atoms with Crippen LogP contribution in [0.5, 0.6) is 0 Å². The first-order chi connectivity index (χ1) is 9.65. The van der Waals surface area contributed by atoms with E-state index in [4.69, 9.17) is 0 Å². The van der Waals surface area contributed by atoms with Crippen LogP contribution in [-0.2, 0) is 17.6 Å². The van der Waals surface area contributed by atoms with Crippen molar-refractivity contribution in [2.75, 3.05) is 7.05 Å². The molecule has 2 atom stereocenters. The van der Waals surface area contributed by atoms with Crippen molar-refractivity contribution in [2.45, 2.75) is 63.6 Å². The fraction of sp³-hybridized carbons (Fsp3) is 0.733. The number of carbonyl (C=O) groups is 1. The van der Waals surface area contributed by atoms with E-state index in [1.165, 1.54) is 12.8 Å². The van der Waals surface area contributed by atoms with E-state index in [9.17, 15) is 4.79 Å². The maximum Gasteiger partial charge on any atom is 0.228 e. The molecule has 2 aliphatic heterocycles. The number of amides is 1. The molecule has 2 bridgehead atoms. The van der Waals surface area contributed by atoms with E-state index < -0.39 is 0 Å². The van der Waals surface area contributed by atoms with E-state index >= 15 is 0 Å². The van der Waals surface area contributed by atoms with Crippen molar-refractivity contribution in [2.24, 2.45) is 0 Å². The maximum absolute atomic E-state index is 12.4.